The molecule has 0 fully saturated rings. The van der Waals surface area contributed by atoms with Crippen molar-refractivity contribution in [3.63, 3.8) is 0 Å². The highest BCUT2D eigenvalue weighted by molar-refractivity contribution is 5.89. The van der Waals surface area contributed by atoms with E-state index in [2.05, 4.69) is 21.0 Å². The van der Waals surface area contributed by atoms with Crippen molar-refractivity contribution in [1.82, 2.24) is 15.0 Å². The fraction of sp³-hybridized carbons (Fsp3) is 0.158. The zero-order valence-corrected chi connectivity index (χ0v) is 13.9. The number of aryl methyl sites for hydroxylation is 1. The number of H-pyrrole nitrogens is 2. The highest BCUT2D eigenvalue weighted by atomic mass is 16.5. The van der Waals surface area contributed by atoms with Gasteiger partial charge in [0, 0.05) is 22.7 Å². The van der Waals surface area contributed by atoms with Crippen LogP contribution in [0, 0.1) is 18.3 Å². The predicted molar refractivity (Wildman–Crippen MR) is 96.4 cm³/mol. The molecule has 2 heterocycles. The van der Waals surface area contributed by atoms with E-state index in [4.69, 9.17) is 15.7 Å². The second-order valence-corrected chi connectivity index (χ2v) is 6.02. The Morgan fingerprint density at radius 2 is 2.12 bits per heavy atom. The van der Waals surface area contributed by atoms with Crippen molar-refractivity contribution in [3.8, 4) is 11.8 Å². The van der Waals surface area contributed by atoms with Gasteiger partial charge in [-0.25, -0.2) is 4.98 Å². The highest BCUT2D eigenvalue weighted by Crippen LogP contribution is 2.36. The van der Waals surface area contributed by atoms with Gasteiger partial charge in [-0.05, 0) is 42.8 Å². The molecule has 4 aromatic rings. The molecule has 4 rings (SSSR count). The van der Waals surface area contributed by atoms with Gasteiger partial charge in [0.25, 0.3) is 0 Å². The van der Waals surface area contributed by atoms with Crippen molar-refractivity contribution < 1.29 is 4.74 Å². The number of aromatic nitrogens is 3. The largest absolute Gasteiger partial charge is 0.496 e. The fourth-order valence-corrected chi connectivity index (χ4v) is 3.27. The van der Waals surface area contributed by atoms with E-state index in [0.29, 0.717) is 11.4 Å². The molecule has 1 unspecified atom stereocenters. The lowest BCUT2D eigenvalue weighted by molar-refractivity contribution is 0.408. The molecule has 0 bridgehead atoms. The Balaban J connectivity index is 1.90. The van der Waals surface area contributed by atoms with E-state index in [-0.39, 0.29) is 0 Å². The Bertz CT molecular complexity index is 1130. The van der Waals surface area contributed by atoms with Crippen molar-refractivity contribution in [2.75, 3.05) is 7.11 Å². The van der Waals surface area contributed by atoms with E-state index in [1.165, 1.54) is 0 Å². The Labute approximate surface area is 144 Å². The second-order valence-electron chi connectivity index (χ2n) is 6.02. The molecular formula is C19H17N5O. The summed E-state index contributed by atoms with van der Waals surface area (Å²) in [5, 5.41) is 10.1. The van der Waals surface area contributed by atoms with Gasteiger partial charge < -0.3 is 20.4 Å². The SMILES string of the molecule is COc1cc(C)c2[nH]ccc2c1C(N)c1nc2ccc(C#N)cc2[nH]1. The summed E-state index contributed by atoms with van der Waals surface area (Å²) in [6.07, 6.45) is 1.89. The van der Waals surface area contributed by atoms with Crippen LogP contribution >= 0.6 is 0 Å². The number of aromatic amines is 2. The molecule has 2 aromatic heterocycles. The molecule has 0 saturated carbocycles. The molecule has 0 aliphatic carbocycles. The van der Waals surface area contributed by atoms with E-state index < -0.39 is 6.04 Å². The average molecular weight is 331 g/mol. The summed E-state index contributed by atoms with van der Waals surface area (Å²) in [4.78, 5) is 11.1. The van der Waals surface area contributed by atoms with Crippen molar-refractivity contribution in [2.24, 2.45) is 5.73 Å². The molecule has 0 aliphatic rings. The Hall–Kier alpha value is -3.30. The van der Waals surface area contributed by atoms with Crippen molar-refractivity contribution in [2.45, 2.75) is 13.0 Å². The first-order valence-corrected chi connectivity index (χ1v) is 7.92. The number of benzene rings is 2. The summed E-state index contributed by atoms with van der Waals surface area (Å²) in [5.74, 6) is 1.37. The lowest BCUT2D eigenvalue weighted by Gasteiger charge is -2.16. The van der Waals surface area contributed by atoms with Gasteiger partial charge >= 0.3 is 0 Å². The van der Waals surface area contributed by atoms with Gasteiger partial charge in [-0.2, -0.15) is 5.26 Å². The first-order chi connectivity index (χ1) is 12.1. The average Bonchev–Trinajstić information content (AvgIpc) is 3.27. The quantitative estimate of drug-likeness (QED) is 0.536. The number of methoxy groups -OCH3 is 1. The van der Waals surface area contributed by atoms with Crippen LogP contribution in [-0.2, 0) is 0 Å². The number of nitrogens with one attached hydrogen (secondary N) is 2. The molecule has 0 amide bonds. The second kappa shape index (κ2) is 5.65. The summed E-state index contributed by atoms with van der Waals surface area (Å²) in [7, 11) is 1.64. The minimum atomic E-state index is -0.480. The van der Waals surface area contributed by atoms with Crippen molar-refractivity contribution in [3.05, 3.63) is 59.0 Å². The maximum atomic E-state index is 9.05. The molecule has 0 saturated heterocycles. The van der Waals surface area contributed by atoms with Crippen LogP contribution in [0.4, 0.5) is 0 Å². The molecule has 25 heavy (non-hydrogen) atoms. The Morgan fingerprint density at radius 1 is 1.28 bits per heavy atom. The normalized spacial score (nSPS) is 12.4. The Morgan fingerprint density at radius 3 is 2.88 bits per heavy atom. The molecule has 1 atom stereocenters. The zero-order chi connectivity index (χ0) is 17.6. The van der Waals surface area contributed by atoms with E-state index >= 15 is 0 Å². The van der Waals surface area contributed by atoms with Gasteiger partial charge in [0.15, 0.2) is 0 Å². The summed E-state index contributed by atoms with van der Waals surface area (Å²) < 4.78 is 5.58. The maximum Gasteiger partial charge on any atom is 0.129 e. The summed E-state index contributed by atoms with van der Waals surface area (Å²) >= 11 is 0. The van der Waals surface area contributed by atoms with Gasteiger partial charge in [0.05, 0.1) is 35.8 Å². The van der Waals surface area contributed by atoms with Crippen LogP contribution in [0.5, 0.6) is 5.75 Å². The topological polar surface area (TPSA) is 104 Å². The van der Waals surface area contributed by atoms with Gasteiger partial charge in [-0.1, -0.05) is 0 Å². The van der Waals surface area contributed by atoms with E-state index in [0.717, 1.165) is 38.8 Å². The van der Waals surface area contributed by atoms with Gasteiger partial charge in [-0.3, -0.25) is 0 Å². The summed E-state index contributed by atoms with van der Waals surface area (Å²) in [6.45, 7) is 2.03. The molecule has 124 valence electrons. The van der Waals surface area contributed by atoms with E-state index in [9.17, 15) is 0 Å². The lowest BCUT2D eigenvalue weighted by atomic mass is 9.98. The summed E-state index contributed by atoms with van der Waals surface area (Å²) in [5.41, 5.74) is 11.7. The minimum absolute atomic E-state index is 0.480. The standard InChI is InChI=1S/C19H17N5O/c1-10-7-15(25-2)16(12-5-6-22-18(10)12)17(21)19-23-13-4-3-11(9-20)8-14(13)24-19/h3-8,17,22H,21H2,1-2H3,(H,23,24). The minimum Gasteiger partial charge on any atom is -0.496 e. The molecule has 6 heteroatoms. The number of ether oxygens (including phenoxy) is 1. The van der Waals surface area contributed by atoms with Crippen molar-refractivity contribution in [1.29, 1.82) is 5.26 Å². The van der Waals surface area contributed by atoms with E-state index in [1.807, 2.05) is 31.3 Å². The first-order valence-electron chi connectivity index (χ1n) is 7.92. The van der Waals surface area contributed by atoms with Crippen LogP contribution in [0.25, 0.3) is 21.9 Å². The third-order valence-corrected chi connectivity index (χ3v) is 4.50. The third kappa shape index (κ3) is 2.33. The van der Waals surface area contributed by atoms with Crippen LogP contribution in [0.15, 0.2) is 36.5 Å². The highest BCUT2D eigenvalue weighted by Gasteiger charge is 2.22. The number of nitrogens with two attached hydrogens (primary N) is 1. The molecule has 6 nitrogen and oxygen atoms in total. The van der Waals surface area contributed by atoms with Crippen LogP contribution in [0.3, 0.4) is 0 Å². The number of rotatable bonds is 3. The van der Waals surface area contributed by atoms with Crippen LogP contribution in [0.2, 0.25) is 0 Å². The third-order valence-electron chi connectivity index (χ3n) is 4.50. The smallest absolute Gasteiger partial charge is 0.129 e. The molecule has 0 aliphatic heterocycles. The van der Waals surface area contributed by atoms with Gasteiger partial charge in [-0.15, -0.1) is 0 Å². The summed E-state index contributed by atoms with van der Waals surface area (Å²) in [6, 6.07) is 11.0. The Kier molecular flexibility index (Phi) is 3.45. The van der Waals surface area contributed by atoms with Crippen LogP contribution in [0.1, 0.15) is 28.6 Å². The number of fused-ring (bicyclic) bond motifs is 2. The first kappa shape index (κ1) is 15.2. The van der Waals surface area contributed by atoms with Crippen molar-refractivity contribution >= 4 is 21.9 Å². The lowest BCUT2D eigenvalue weighted by Crippen LogP contribution is -2.15. The van der Waals surface area contributed by atoms with Gasteiger partial charge in [0.1, 0.15) is 11.6 Å². The fourth-order valence-electron chi connectivity index (χ4n) is 3.27. The number of hydrogen-bond acceptors (Lipinski definition) is 4. The number of nitriles is 1. The molecule has 0 spiro atoms. The number of hydrogen-bond donors (Lipinski definition) is 3. The maximum absolute atomic E-state index is 9.05. The van der Waals surface area contributed by atoms with E-state index in [1.54, 1.807) is 19.2 Å². The number of nitrogens with zero attached hydrogens (tertiary/aromatic N) is 2. The molecule has 0 radical (unpaired) electrons. The molecule has 4 N–H and O–H groups in total. The van der Waals surface area contributed by atoms with Crippen LogP contribution < -0.4 is 10.5 Å². The number of imidazole rings is 1. The molecule has 2 aromatic carbocycles. The predicted octanol–water partition coefficient (Wildman–Crippen LogP) is 3.28. The molecular weight excluding hydrogens is 314 g/mol. The van der Waals surface area contributed by atoms with Crippen LogP contribution in [-0.4, -0.2) is 22.1 Å². The monoisotopic (exact) mass is 331 g/mol. The van der Waals surface area contributed by atoms with Gasteiger partial charge in [0.2, 0.25) is 0 Å². The zero-order valence-electron chi connectivity index (χ0n) is 13.9.